The Hall–Kier alpha value is -1.44. The Labute approximate surface area is 151 Å². The highest BCUT2D eigenvalue weighted by atomic mass is 32.2. The fourth-order valence-electron chi connectivity index (χ4n) is 3.01. The fraction of sp³-hybridized carbons (Fsp3) is 0.611. The van der Waals surface area contributed by atoms with Crippen LogP contribution in [0.25, 0.3) is 0 Å². The molecule has 2 rings (SSSR count). The third-order valence-corrected chi connectivity index (χ3v) is 6.50. The minimum Gasteiger partial charge on any atom is -0.339 e. The van der Waals surface area contributed by atoms with Crippen LogP contribution in [-0.2, 0) is 14.8 Å². The maximum absolute atomic E-state index is 13.1. The Kier molecular flexibility index (Phi) is 6.98. The summed E-state index contributed by atoms with van der Waals surface area (Å²) in [7, 11) is -3.68. The number of carbonyl (C=O) groups excluding carboxylic acids is 1. The molecule has 0 aromatic heterocycles. The van der Waals surface area contributed by atoms with Gasteiger partial charge in [-0.05, 0) is 31.9 Å². The van der Waals surface area contributed by atoms with Gasteiger partial charge in [0.1, 0.15) is 0 Å². The Balaban J connectivity index is 2.23. The number of aryl methyl sites for hydroxylation is 2. The van der Waals surface area contributed by atoms with Crippen molar-refractivity contribution in [1.29, 1.82) is 0 Å². The zero-order chi connectivity index (χ0) is 18.4. The van der Waals surface area contributed by atoms with Crippen LogP contribution >= 0.6 is 0 Å². The minimum atomic E-state index is -3.68. The molecule has 140 valence electrons. The Bertz CT molecular complexity index is 698. The molecule has 6 nitrogen and oxygen atoms in total. The first-order chi connectivity index (χ1) is 11.9. The largest absolute Gasteiger partial charge is 0.339 e. The average Bonchev–Trinajstić information content (AvgIpc) is 2.58. The van der Waals surface area contributed by atoms with Crippen molar-refractivity contribution >= 4 is 15.9 Å². The number of hydrogen-bond donors (Lipinski definition) is 1. The molecule has 1 saturated heterocycles. The molecule has 0 unspecified atom stereocenters. The molecule has 0 aliphatic carbocycles. The first-order valence-electron chi connectivity index (χ1n) is 8.92. The molecular weight excluding hydrogens is 338 g/mol. The third kappa shape index (κ3) is 5.03. The number of hydrogen-bond acceptors (Lipinski definition) is 4. The fourth-order valence-corrected chi connectivity index (χ4v) is 4.65. The predicted octanol–water partition coefficient (Wildman–Crippen LogP) is 1.53. The van der Waals surface area contributed by atoms with Crippen molar-refractivity contribution < 1.29 is 13.2 Å². The minimum absolute atomic E-state index is 0.0876. The smallest absolute Gasteiger partial charge is 0.243 e. The topological polar surface area (TPSA) is 69.7 Å². The van der Waals surface area contributed by atoms with Crippen molar-refractivity contribution in [3.63, 3.8) is 0 Å². The first kappa shape index (κ1) is 19.9. The number of piperazine rings is 1. The molecule has 1 fully saturated rings. The molecule has 25 heavy (non-hydrogen) atoms. The molecule has 0 atom stereocenters. The maximum atomic E-state index is 13.1. The highest BCUT2D eigenvalue weighted by Gasteiger charge is 2.29. The molecule has 1 aromatic rings. The van der Waals surface area contributed by atoms with E-state index in [1.807, 2.05) is 19.9 Å². The van der Waals surface area contributed by atoms with Gasteiger partial charge in [0.25, 0.3) is 0 Å². The third-order valence-electron chi connectivity index (χ3n) is 4.49. The average molecular weight is 368 g/mol. The monoisotopic (exact) mass is 367 g/mol. The van der Waals surface area contributed by atoms with Crippen molar-refractivity contribution in [2.24, 2.45) is 0 Å². The molecule has 1 aliphatic rings. The number of carbonyl (C=O) groups is 1. The van der Waals surface area contributed by atoms with Crippen LogP contribution in [0.1, 0.15) is 30.9 Å². The van der Waals surface area contributed by atoms with Gasteiger partial charge in [0, 0.05) is 32.7 Å². The van der Waals surface area contributed by atoms with Crippen molar-refractivity contribution in [2.75, 3.05) is 39.3 Å². The van der Waals surface area contributed by atoms with E-state index in [-0.39, 0.29) is 12.5 Å². The van der Waals surface area contributed by atoms with Gasteiger partial charge in [-0.1, -0.05) is 31.0 Å². The normalized spacial score (nSPS) is 15.6. The van der Waals surface area contributed by atoms with Crippen LogP contribution in [0.15, 0.2) is 23.1 Å². The highest BCUT2D eigenvalue weighted by molar-refractivity contribution is 7.89. The van der Waals surface area contributed by atoms with E-state index in [0.717, 1.165) is 37.1 Å². The second-order valence-corrected chi connectivity index (χ2v) is 8.50. The number of sulfonamides is 1. The van der Waals surface area contributed by atoms with Crippen LogP contribution in [0.5, 0.6) is 0 Å². The summed E-state index contributed by atoms with van der Waals surface area (Å²) in [4.78, 5) is 14.6. The van der Waals surface area contributed by atoms with Crippen LogP contribution < -0.4 is 5.32 Å². The van der Waals surface area contributed by atoms with Gasteiger partial charge in [-0.15, -0.1) is 0 Å². The molecule has 1 aromatic carbocycles. The molecular formula is C18H29N3O3S. The number of nitrogens with one attached hydrogen (secondary N) is 1. The summed E-state index contributed by atoms with van der Waals surface area (Å²) in [5.74, 6) is -0.119. The zero-order valence-corrected chi connectivity index (χ0v) is 16.2. The van der Waals surface area contributed by atoms with E-state index < -0.39 is 10.0 Å². The van der Waals surface area contributed by atoms with E-state index in [9.17, 15) is 13.2 Å². The van der Waals surface area contributed by atoms with E-state index in [1.165, 1.54) is 4.31 Å². The molecule has 0 bridgehead atoms. The van der Waals surface area contributed by atoms with Gasteiger partial charge in [-0.2, -0.15) is 4.31 Å². The lowest BCUT2D eigenvalue weighted by Gasteiger charge is -2.30. The summed E-state index contributed by atoms with van der Waals surface area (Å²) in [5, 5.41) is 3.20. The van der Waals surface area contributed by atoms with Crippen molar-refractivity contribution in [2.45, 2.75) is 38.5 Å². The second kappa shape index (κ2) is 8.78. The number of rotatable bonds is 7. The van der Waals surface area contributed by atoms with E-state index >= 15 is 0 Å². The maximum Gasteiger partial charge on any atom is 0.243 e. The predicted molar refractivity (Wildman–Crippen MR) is 99.0 cm³/mol. The molecule has 1 heterocycles. The van der Waals surface area contributed by atoms with Gasteiger partial charge >= 0.3 is 0 Å². The van der Waals surface area contributed by atoms with Crippen LogP contribution in [0.4, 0.5) is 0 Å². The van der Waals surface area contributed by atoms with Crippen molar-refractivity contribution in [3.05, 3.63) is 29.3 Å². The van der Waals surface area contributed by atoms with Crippen LogP contribution in [0.2, 0.25) is 0 Å². The second-order valence-electron chi connectivity index (χ2n) is 6.59. The van der Waals surface area contributed by atoms with Crippen LogP contribution in [0.3, 0.4) is 0 Å². The SMILES string of the molecule is CCCCN(CC(=O)N1CCNCC1)S(=O)(=O)c1ccc(C)cc1C. The Morgan fingerprint density at radius 3 is 2.52 bits per heavy atom. The molecule has 1 N–H and O–H groups in total. The van der Waals surface area contributed by atoms with Gasteiger partial charge in [0.15, 0.2) is 0 Å². The summed E-state index contributed by atoms with van der Waals surface area (Å²) >= 11 is 0. The van der Waals surface area contributed by atoms with Gasteiger partial charge in [0.05, 0.1) is 11.4 Å². The lowest BCUT2D eigenvalue weighted by atomic mass is 10.2. The van der Waals surface area contributed by atoms with Gasteiger partial charge in [0.2, 0.25) is 15.9 Å². The van der Waals surface area contributed by atoms with E-state index in [4.69, 9.17) is 0 Å². The van der Waals surface area contributed by atoms with Crippen molar-refractivity contribution in [1.82, 2.24) is 14.5 Å². The van der Waals surface area contributed by atoms with Gasteiger partial charge < -0.3 is 10.2 Å². The first-order valence-corrected chi connectivity index (χ1v) is 10.4. The molecule has 1 amide bonds. The number of amides is 1. The summed E-state index contributed by atoms with van der Waals surface area (Å²) in [6.45, 7) is 8.80. The molecule has 7 heteroatoms. The Morgan fingerprint density at radius 1 is 1.24 bits per heavy atom. The van der Waals surface area contributed by atoms with E-state index in [1.54, 1.807) is 24.0 Å². The van der Waals surface area contributed by atoms with Gasteiger partial charge in [-0.3, -0.25) is 4.79 Å². The highest BCUT2D eigenvalue weighted by Crippen LogP contribution is 2.21. The summed E-state index contributed by atoms with van der Waals surface area (Å²) < 4.78 is 27.6. The van der Waals surface area contributed by atoms with Crippen LogP contribution in [0, 0.1) is 13.8 Å². The lowest BCUT2D eigenvalue weighted by molar-refractivity contribution is -0.131. The quantitative estimate of drug-likeness (QED) is 0.793. The molecule has 0 spiro atoms. The zero-order valence-electron chi connectivity index (χ0n) is 15.4. The molecule has 0 saturated carbocycles. The summed E-state index contributed by atoms with van der Waals surface area (Å²) in [6, 6.07) is 5.31. The summed E-state index contributed by atoms with van der Waals surface area (Å²) in [5.41, 5.74) is 1.74. The lowest BCUT2D eigenvalue weighted by Crippen LogP contribution is -2.50. The number of nitrogens with zero attached hydrogens (tertiary/aromatic N) is 2. The Morgan fingerprint density at radius 2 is 1.92 bits per heavy atom. The van der Waals surface area contributed by atoms with E-state index in [2.05, 4.69) is 5.32 Å². The van der Waals surface area contributed by atoms with E-state index in [0.29, 0.717) is 24.5 Å². The summed E-state index contributed by atoms with van der Waals surface area (Å²) in [6.07, 6.45) is 1.61. The van der Waals surface area contributed by atoms with Crippen molar-refractivity contribution in [3.8, 4) is 0 Å². The van der Waals surface area contributed by atoms with Crippen LogP contribution in [-0.4, -0.2) is 62.8 Å². The standard InChI is InChI=1S/C18H29N3O3S/c1-4-5-10-21(14-18(22)20-11-8-19-9-12-20)25(23,24)17-7-6-15(2)13-16(17)3/h6-7,13,19H,4-5,8-12,14H2,1-3H3. The number of unbranched alkanes of at least 4 members (excludes halogenated alkanes) is 1. The molecule has 1 aliphatic heterocycles. The van der Waals surface area contributed by atoms with Gasteiger partial charge in [-0.25, -0.2) is 8.42 Å². The number of benzene rings is 1. The molecule has 0 radical (unpaired) electrons.